The first-order valence-electron chi connectivity index (χ1n) is 13.8. The number of nitrogens with one attached hydrogen (secondary N) is 1. The molecule has 7 nitrogen and oxygen atoms in total. The van der Waals surface area contributed by atoms with E-state index in [1.54, 1.807) is 37.4 Å². The lowest BCUT2D eigenvalue weighted by atomic mass is 9.85. The lowest BCUT2D eigenvalue weighted by molar-refractivity contribution is -0.152. The Bertz CT molecular complexity index is 1180. The third-order valence-corrected chi connectivity index (χ3v) is 8.29. The van der Waals surface area contributed by atoms with E-state index in [1.165, 1.54) is 7.11 Å². The van der Waals surface area contributed by atoms with E-state index in [9.17, 15) is 14.4 Å². The highest BCUT2D eigenvalue weighted by atomic mass is 32.2. The molecule has 1 saturated heterocycles. The largest absolute Gasteiger partial charge is 0.467 e. The topological polar surface area (TPSA) is 84.9 Å². The van der Waals surface area contributed by atoms with Gasteiger partial charge >= 0.3 is 12.1 Å². The van der Waals surface area contributed by atoms with Crippen LogP contribution in [0.4, 0.5) is 4.79 Å². The summed E-state index contributed by atoms with van der Waals surface area (Å²) in [4.78, 5) is 41.7. The van der Waals surface area contributed by atoms with Crippen molar-refractivity contribution in [2.45, 2.75) is 89.5 Å². The van der Waals surface area contributed by atoms with E-state index in [0.29, 0.717) is 13.0 Å². The molecule has 3 rings (SSSR count). The fourth-order valence-corrected chi connectivity index (χ4v) is 6.74. The monoisotopic (exact) mass is 568 g/mol. The van der Waals surface area contributed by atoms with Crippen LogP contribution in [0.5, 0.6) is 0 Å². The van der Waals surface area contributed by atoms with Gasteiger partial charge in [0.1, 0.15) is 17.7 Å². The van der Waals surface area contributed by atoms with Gasteiger partial charge in [-0.3, -0.25) is 4.79 Å². The Labute approximate surface area is 243 Å². The zero-order valence-electron chi connectivity index (χ0n) is 25.2. The maximum absolute atomic E-state index is 14.2. The first kappa shape index (κ1) is 31.5. The minimum atomic E-state index is -0.908. The zero-order valence-corrected chi connectivity index (χ0v) is 26.1. The van der Waals surface area contributed by atoms with E-state index < -0.39 is 39.9 Å². The van der Waals surface area contributed by atoms with Crippen LogP contribution in [0.3, 0.4) is 0 Å². The summed E-state index contributed by atoms with van der Waals surface area (Å²) in [6, 6.07) is 16.8. The fraction of sp³-hybridized carbons (Fsp3) is 0.531. The minimum absolute atomic E-state index is 0.237. The molecular formula is C32H44N2O5S. The number of rotatable bonds is 7. The van der Waals surface area contributed by atoms with Crippen LogP contribution in [-0.2, 0) is 23.8 Å². The molecule has 2 aromatic rings. The lowest BCUT2D eigenvalue weighted by Gasteiger charge is -2.36. The second kappa shape index (κ2) is 12.2. The van der Waals surface area contributed by atoms with Crippen LogP contribution in [0, 0.1) is 5.41 Å². The van der Waals surface area contributed by atoms with Gasteiger partial charge in [0.2, 0.25) is 5.91 Å². The van der Waals surface area contributed by atoms with Crippen molar-refractivity contribution in [3.8, 4) is 11.1 Å². The number of esters is 1. The normalized spacial score (nSPS) is 20.2. The van der Waals surface area contributed by atoms with E-state index in [4.69, 9.17) is 9.47 Å². The molecule has 2 aromatic carbocycles. The Kier molecular flexibility index (Phi) is 9.66. The van der Waals surface area contributed by atoms with Crippen molar-refractivity contribution in [2.24, 2.45) is 5.41 Å². The summed E-state index contributed by atoms with van der Waals surface area (Å²) in [7, 11) is 1.34. The van der Waals surface area contributed by atoms with E-state index in [0.717, 1.165) is 16.7 Å². The Morgan fingerprint density at radius 1 is 0.950 bits per heavy atom. The van der Waals surface area contributed by atoms with E-state index in [-0.39, 0.29) is 11.2 Å². The quantitative estimate of drug-likeness (QED) is 0.389. The third-order valence-electron chi connectivity index (χ3n) is 6.83. The van der Waals surface area contributed by atoms with Crippen LogP contribution in [-0.4, -0.2) is 59.5 Å². The van der Waals surface area contributed by atoms with Gasteiger partial charge in [-0.25, -0.2) is 9.59 Å². The highest BCUT2D eigenvalue weighted by Gasteiger charge is 2.53. The van der Waals surface area contributed by atoms with Crippen LogP contribution in [0.15, 0.2) is 54.6 Å². The molecule has 2 unspecified atom stereocenters. The summed E-state index contributed by atoms with van der Waals surface area (Å²) in [6.45, 7) is 15.5. The molecule has 8 heteroatoms. The SMILES string of the molecule is COC(=O)C1CC(SC(C)C)(c2ccc(-c3ccccc3)cc2)CN1C(=O)[C@@H](NC(=O)OC(C)(C)C)C(C)(C)C. The molecule has 1 heterocycles. The van der Waals surface area contributed by atoms with Crippen LogP contribution in [0.1, 0.15) is 67.4 Å². The number of carbonyl (C=O) groups excluding carboxylic acids is 3. The predicted octanol–water partition coefficient (Wildman–Crippen LogP) is 6.40. The van der Waals surface area contributed by atoms with Gasteiger partial charge < -0.3 is 19.7 Å². The summed E-state index contributed by atoms with van der Waals surface area (Å²) >= 11 is 1.74. The number of hydrogen-bond donors (Lipinski definition) is 1. The van der Waals surface area contributed by atoms with E-state index in [1.807, 2.05) is 39.0 Å². The summed E-state index contributed by atoms with van der Waals surface area (Å²) in [5.41, 5.74) is 1.91. The number of ether oxygens (including phenoxy) is 2. The molecule has 1 N–H and O–H groups in total. The standard InChI is InChI=1S/C32H44N2O5S/c1-21(2)40-32(24-17-15-23(16-18-24)22-13-11-10-12-14-22)19-25(28(36)38-9)34(20-32)27(35)26(30(3,4)5)33-29(37)39-31(6,7)8/h10-18,21,25-26H,19-20H2,1-9H3,(H,33,37)/t25?,26-,32?/m1/s1. The summed E-state index contributed by atoms with van der Waals surface area (Å²) < 4.78 is 10.1. The molecule has 0 spiro atoms. The molecule has 0 aliphatic carbocycles. The number of methoxy groups -OCH3 is 1. The predicted molar refractivity (Wildman–Crippen MR) is 161 cm³/mol. The zero-order chi connectivity index (χ0) is 29.9. The molecule has 0 radical (unpaired) electrons. The van der Waals surface area contributed by atoms with Gasteiger partial charge in [-0.2, -0.15) is 0 Å². The molecule has 1 aliphatic heterocycles. The molecule has 0 bridgehead atoms. The summed E-state index contributed by atoms with van der Waals surface area (Å²) in [5.74, 6) is -0.800. The Morgan fingerprint density at radius 2 is 1.52 bits per heavy atom. The first-order valence-corrected chi connectivity index (χ1v) is 14.7. The van der Waals surface area contributed by atoms with Crippen molar-refractivity contribution in [3.05, 3.63) is 60.2 Å². The molecule has 1 aliphatic rings. The molecule has 1 fully saturated rings. The molecule has 2 amide bonds. The van der Waals surface area contributed by atoms with Crippen LogP contribution in [0.2, 0.25) is 0 Å². The average Bonchev–Trinajstić information content (AvgIpc) is 3.25. The number of hydrogen-bond acceptors (Lipinski definition) is 6. The van der Waals surface area contributed by atoms with Crippen molar-refractivity contribution in [1.29, 1.82) is 0 Å². The number of benzene rings is 2. The maximum Gasteiger partial charge on any atom is 0.408 e. The van der Waals surface area contributed by atoms with Crippen LogP contribution < -0.4 is 5.32 Å². The van der Waals surface area contributed by atoms with Gasteiger partial charge in [-0.15, -0.1) is 11.8 Å². The van der Waals surface area contributed by atoms with Gasteiger partial charge in [0.25, 0.3) is 0 Å². The molecule has 218 valence electrons. The second-order valence-electron chi connectivity index (χ2n) is 12.8. The maximum atomic E-state index is 14.2. The third kappa shape index (κ3) is 7.59. The molecule has 3 atom stereocenters. The van der Waals surface area contributed by atoms with Crippen molar-refractivity contribution < 1.29 is 23.9 Å². The molecule has 40 heavy (non-hydrogen) atoms. The smallest absolute Gasteiger partial charge is 0.408 e. The van der Waals surface area contributed by atoms with Gasteiger partial charge in [0.15, 0.2) is 0 Å². The van der Waals surface area contributed by atoms with Gasteiger partial charge in [-0.1, -0.05) is 89.2 Å². The van der Waals surface area contributed by atoms with Crippen molar-refractivity contribution in [3.63, 3.8) is 0 Å². The van der Waals surface area contributed by atoms with Crippen molar-refractivity contribution in [2.75, 3.05) is 13.7 Å². The molecule has 0 aromatic heterocycles. The number of likely N-dealkylation sites (tertiary alicyclic amines) is 1. The minimum Gasteiger partial charge on any atom is -0.467 e. The Balaban J connectivity index is 2.01. The Morgan fingerprint density at radius 3 is 2.02 bits per heavy atom. The number of amides is 2. The Hall–Kier alpha value is -3.00. The highest BCUT2D eigenvalue weighted by molar-refractivity contribution is 8.00. The number of thioether (sulfide) groups is 1. The van der Waals surface area contributed by atoms with Crippen molar-refractivity contribution >= 4 is 29.7 Å². The first-order chi connectivity index (χ1) is 18.6. The molecular weight excluding hydrogens is 524 g/mol. The van der Waals surface area contributed by atoms with E-state index in [2.05, 4.69) is 55.6 Å². The summed E-state index contributed by atoms with van der Waals surface area (Å²) in [5, 5.41) is 3.03. The number of alkyl carbamates (subject to hydrolysis) is 1. The van der Waals surface area contributed by atoms with Crippen LogP contribution >= 0.6 is 11.8 Å². The highest BCUT2D eigenvalue weighted by Crippen LogP contribution is 2.49. The lowest BCUT2D eigenvalue weighted by Crippen LogP contribution is -2.57. The van der Waals surface area contributed by atoms with Gasteiger partial charge in [0.05, 0.1) is 11.9 Å². The summed E-state index contributed by atoms with van der Waals surface area (Å²) in [6.07, 6.45) is -0.267. The second-order valence-corrected chi connectivity index (χ2v) is 14.7. The van der Waals surface area contributed by atoms with Crippen molar-refractivity contribution in [1.82, 2.24) is 10.2 Å². The average molecular weight is 569 g/mol. The molecule has 0 saturated carbocycles. The van der Waals surface area contributed by atoms with Gasteiger partial charge in [-0.05, 0) is 54.5 Å². The number of nitrogens with zero attached hydrogens (tertiary/aromatic N) is 1. The fourth-order valence-electron chi connectivity index (χ4n) is 5.10. The van der Waals surface area contributed by atoms with Gasteiger partial charge in [0, 0.05) is 6.54 Å². The van der Waals surface area contributed by atoms with Crippen LogP contribution in [0.25, 0.3) is 11.1 Å². The van der Waals surface area contributed by atoms with E-state index >= 15 is 0 Å². The number of carbonyl (C=O) groups is 3.